The van der Waals surface area contributed by atoms with Crippen molar-refractivity contribution in [2.75, 3.05) is 13.1 Å². The molecule has 1 saturated carbocycles. The number of carbonyl (C=O) groups excluding carboxylic acids is 3. The molecule has 0 unspecified atom stereocenters. The first-order valence-electron chi connectivity index (χ1n) is 8.20. The van der Waals surface area contributed by atoms with E-state index >= 15 is 0 Å². The molecular weight excluding hydrogens is 362 g/mol. The van der Waals surface area contributed by atoms with Crippen LogP contribution >= 0.6 is 0 Å². The van der Waals surface area contributed by atoms with Crippen molar-refractivity contribution in [3.63, 3.8) is 0 Å². The smallest absolute Gasteiger partial charge is 0.338 e. The standard InChI is InChI=1S/C16H19N3O6S/c1-10(14(20)19-9-8-17-16(19)22)25-15(21)11-2-6-13(7-3-11)26(23,24)18-12-4-5-12/h2-3,6-7,10,12,18H,4-5,8-9H2,1H3,(H,17,22)/t10-/m0/s1. The molecule has 0 bridgehead atoms. The number of urea groups is 1. The van der Waals surface area contributed by atoms with Gasteiger partial charge in [-0.1, -0.05) is 0 Å². The van der Waals surface area contributed by atoms with Crippen LogP contribution in [0.3, 0.4) is 0 Å². The number of rotatable bonds is 6. The minimum Gasteiger partial charge on any atom is -0.449 e. The van der Waals surface area contributed by atoms with Crippen molar-refractivity contribution >= 4 is 27.9 Å². The molecule has 0 aromatic heterocycles. The summed E-state index contributed by atoms with van der Waals surface area (Å²) < 4.78 is 31.8. The van der Waals surface area contributed by atoms with E-state index in [2.05, 4.69) is 10.0 Å². The zero-order chi connectivity index (χ0) is 18.9. The number of sulfonamides is 1. The van der Waals surface area contributed by atoms with Crippen LogP contribution in [0.15, 0.2) is 29.2 Å². The molecule has 9 nitrogen and oxygen atoms in total. The fraction of sp³-hybridized carbons (Fsp3) is 0.438. The molecule has 0 spiro atoms. The Morgan fingerprint density at radius 3 is 2.46 bits per heavy atom. The zero-order valence-electron chi connectivity index (χ0n) is 14.1. The van der Waals surface area contributed by atoms with Crippen LogP contribution in [0.5, 0.6) is 0 Å². The molecule has 1 aliphatic carbocycles. The fourth-order valence-corrected chi connectivity index (χ4v) is 3.74. The van der Waals surface area contributed by atoms with Crippen molar-refractivity contribution in [1.29, 1.82) is 0 Å². The van der Waals surface area contributed by atoms with Gasteiger partial charge in [0.2, 0.25) is 10.0 Å². The summed E-state index contributed by atoms with van der Waals surface area (Å²) in [6.07, 6.45) is 0.515. The first-order chi connectivity index (χ1) is 12.3. The summed E-state index contributed by atoms with van der Waals surface area (Å²) in [5.41, 5.74) is 0.112. The molecule has 1 heterocycles. The van der Waals surface area contributed by atoms with Crippen LogP contribution in [0.1, 0.15) is 30.1 Å². The first-order valence-corrected chi connectivity index (χ1v) is 9.69. The number of nitrogens with one attached hydrogen (secondary N) is 2. The van der Waals surface area contributed by atoms with Crippen molar-refractivity contribution in [3.8, 4) is 0 Å². The highest BCUT2D eigenvalue weighted by atomic mass is 32.2. The van der Waals surface area contributed by atoms with Crippen LogP contribution < -0.4 is 10.0 Å². The van der Waals surface area contributed by atoms with Gasteiger partial charge in [0.25, 0.3) is 5.91 Å². The van der Waals surface area contributed by atoms with E-state index in [1.165, 1.54) is 31.2 Å². The third-order valence-corrected chi connectivity index (χ3v) is 5.59. The Morgan fingerprint density at radius 1 is 1.27 bits per heavy atom. The van der Waals surface area contributed by atoms with Crippen LogP contribution in [0, 0.1) is 0 Å². The average Bonchev–Trinajstić information content (AvgIpc) is 3.30. The third-order valence-electron chi connectivity index (χ3n) is 4.05. The molecule has 3 rings (SSSR count). The number of esters is 1. The number of benzene rings is 1. The Hall–Kier alpha value is -2.46. The summed E-state index contributed by atoms with van der Waals surface area (Å²) in [6.45, 7) is 1.96. The summed E-state index contributed by atoms with van der Waals surface area (Å²) in [4.78, 5) is 36.8. The molecule has 3 amide bonds. The molecule has 1 atom stereocenters. The normalized spacial score (nSPS) is 18.3. The molecule has 1 aromatic carbocycles. The molecule has 1 saturated heterocycles. The summed E-state index contributed by atoms with van der Waals surface area (Å²) >= 11 is 0. The maximum Gasteiger partial charge on any atom is 0.338 e. The quantitative estimate of drug-likeness (QED) is 0.680. The number of hydrogen-bond acceptors (Lipinski definition) is 6. The van der Waals surface area contributed by atoms with Gasteiger partial charge in [-0.3, -0.25) is 9.69 Å². The van der Waals surface area contributed by atoms with Gasteiger partial charge >= 0.3 is 12.0 Å². The van der Waals surface area contributed by atoms with Crippen LogP contribution in [0.4, 0.5) is 4.79 Å². The van der Waals surface area contributed by atoms with E-state index in [1.807, 2.05) is 0 Å². The number of imide groups is 1. The van der Waals surface area contributed by atoms with Gasteiger partial charge in [0.15, 0.2) is 6.10 Å². The largest absolute Gasteiger partial charge is 0.449 e. The Kier molecular flexibility index (Phi) is 4.97. The molecule has 10 heteroatoms. The van der Waals surface area contributed by atoms with Gasteiger partial charge in [-0.05, 0) is 44.0 Å². The second-order valence-corrected chi connectivity index (χ2v) is 7.90. The van der Waals surface area contributed by atoms with Gasteiger partial charge in [-0.2, -0.15) is 0 Å². The predicted octanol–water partition coefficient (Wildman–Crippen LogP) is 0.224. The molecule has 2 fully saturated rings. The van der Waals surface area contributed by atoms with E-state index in [1.54, 1.807) is 0 Å². The van der Waals surface area contributed by atoms with Crippen molar-refractivity contribution in [2.45, 2.75) is 36.8 Å². The van der Waals surface area contributed by atoms with Crippen molar-refractivity contribution in [1.82, 2.24) is 14.9 Å². The summed E-state index contributed by atoms with van der Waals surface area (Å²) in [6, 6.07) is 4.73. The Morgan fingerprint density at radius 2 is 1.92 bits per heavy atom. The fourth-order valence-electron chi connectivity index (χ4n) is 2.44. The van der Waals surface area contributed by atoms with E-state index in [0.717, 1.165) is 17.7 Å². The van der Waals surface area contributed by atoms with Gasteiger partial charge < -0.3 is 10.1 Å². The van der Waals surface area contributed by atoms with Crippen LogP contribution in [-0.2, 0) is 19.6 Å². The molecule has 2 N–H and O–H groups in total. The number of hydrogen-bond donors (Lipinski definition) is 2. The number of nitrogens with zero attached hydrogens (tertiary/aromatic N) is 1. The Bertz CT molecular complexity index is 832. The minimum atomic E-state index is -3.60. The van der Waals surface area contributed by atoms with Gasteiger partial charge in [-0.15, -0.1) is 0 Å². The molecule has 1 aliphatic heterocycles. The lowest BCUT2D eigenvalue weighted by molar-refractivity contribution is -0.136. The van der Waals surface area contributed by atoms with Gasteiger partial charge in [0.05, 0.1) is 10.5 Å². The highest BCUT2D eigenvalue weighted by Crippen LogP contribution is 2.22. The van der Waals surface area contributed by atoms with Crippen LogP contribution in [0.25, 0.3) is 0 Å². The number of ether oxygens (including phenoxy) is 1. The summed E-state index contributed by atoms with van der Waals surface area (Å²) in [5, 5.41) is 2.49. The molecule has 140 valence electrons. The monoisotopic (exact) mass is 381 g/mol. The summed E-state index contributed by atoms with van der Waals surface area (Å²) in [5.74, 6) is -1.38. The van der Waals surface area contributed by atoms with E-state index < -0.39 is 34.0 Å². The Balaban J connectivity index is 1.62. The van der Waals surface area contributed by atoms with E-state index in [-0.39, 0.29) is 23.0 Å². The minimum absolute atomic E-state index is 0.0145. The second kappa shape index (κ2) is 7.04. The molecule has 1 aromatic rings. The van der Waals surface area contributed by atoms with Gasteiger partial charge in [0.1, 0.15) is 0 Å². The lowest BCUT2D eigenvalue weighted by Gasteiger charge is -2.18. The molecule has 26 heavy (non-hydrogen) atoms. The number of carbonyl (C=O) groups is 3. The van der Waals surface area contributed by atoms with Gasteiger partial charge in [-0.25, -0.2) is 22.7 Å². The summed E-state index contributed by atoms with van der Waals surface area (Å²) in [7, 11) is -3.60. The average molecular weight is 381 g/mol. The molecule has 0 radical (unpaired) electrons. The molecule has 2 aliphatic rings. The highest BCUT2D eigenvalue weighted by Gasteiger charge is 2.32. The molecular formula is C16H19N3O6S. The van der Waals surface area contributed by atoms with Crippen LogP contribution in [0.2, 0.25) is 0 Å². The maximum atomic E-state index is 12.1. The van der Waals surface area contributed by atoms with Gasteiger partial charge in [0, 0.05) is 19.1 Å². The Labute approximate surface area is 150 Å². The van der Waals surface area contributed by atoms with Crippen molar-refractivity contribution in [2.24, 2.45) is 0 Å². The lowest BCUT2D eigenvalue weighted by Crippen LogP contribution is -2.41. The van der Waals surface area contributed by atoms with E-state index in [9.17, 15) is 22.8 Å². The highest BCUT2D eigenvalue weighted by molar-refractivity contribution is 7.89. The second-order valence-electron chi connectivity index (χ2n) is 6.19. The SMILES string of the molecule is C[C@H](OC(=O)c1ccc(S(=O)(=O)NC2CC2)cc1)C(=O)N1CCNC1=O. The van der Waals surface area contributed by atoms with Crippen molar-refractivity contribution < 1.29 is 27.5 Å². The first kappa shape index (κ1) is 18.3. The van der Waals surface area contributed by atoms with Crippen LogP contribution in [-0.4, -0.2) is 56.5 Å². The van der Waals surface area contributed by atoms with E-state index in [0.29, 0.717) is 6.54 Å². The zero-order valence-corrected chi connectivity index (χ0v) is 14.9. The third kappa shape index (κ3) is 4.02. The lowest BCUT2D eigenvalue weighted by atomic mass is 10.2. The maximum absolute atomic E-state index is 12.1. The van der Waals surface area contributed by atoms with Crippen molar-refractivity contribution in [3.05, 3.63) is 29.8 Å². The topological polar surface area (TPSA) is 122 Å². The van der Waals surface area contributed by atoms with E-state index in [4.69, 9.17) is 4.74 Å². The number of amides is 3. The predicted molar refractivity (Wildman–Crippen MR) is 89.8 cm³/mol.